The average Bonchev–Trinajstić information content (AvgIpc) is 2.31. The van der Waals surface area contributed by atoms with Crippen molar-refractivity contribution in [1.82, 2.24) is 0 Å². The molecule has 0 saturated carbocycles. The van der Waals surface area contributed by atoms with Crippen LogP contribution in [0.25, 0.3) is 0 Å². The summed E-state index contributed by atoms with van der Waals surface area (Å²) in [5.41, 5.74) is 0.545. The third-order valence-corrected chi connectivity index (χ3v) is 3.23. The molecule has 0 saturated heterocycles. The van der Waals surface area contributed by atoms with Crippen molar-refractivity contribution in [2.45, 2.75) is 32.7 Å². The smallest absolute Gasteiger partial charge is 0.167 e. The Morgan fingerprint density at radius 3 is 2.56 bits per heavy atom. The molecule has 0 unspecified atom stereocenters. The van der Waals surface area contributed by atoms with E-state index < -0.39 is 0 Å². The Hall–Kier alpha value is -1.29. The highest BCUT2D eigenvalue weighted by molar-refractivity contribution is 5.51. The zero-order valence-corrected chi connectivity index (χ0v) is 11.5. The first-order valence-corrected chi connectivity index (χ1v) is 6.19. The average molecular weight is 255 g/mol. The number of anilines is 1. The third kappa shape index (κ3) is 3.35. The van der Waals surface area contributed by atoms with Crippen molar-refractivity contribution < 1.29 is 14.2 Å². The van der Waals surface area contributed by atoms with Crippen molar-refractivity contribution in [3.63, 3.8) is 0 Å². The predicted octanol–water partition coefficient (Wildman–Crippen LogP) is 2.82. The van der Waals surface area contributed by atoms with Gasteiger partial charge in [-0.25, -0.2) is 4.39 Å². The molecule has 0 atom stereocenters. The maximum Gasteiger partial charge on any atom is 0.167 e. The van der Waals surface area contributed by atoms with Crippen LogP contribution in [0.4, 0.5) is 10.1 Å². The van der Waals surface area contributed by atoms with E-state index in [0.29, 0.717) is 13.0 Å². The van der Waals surface area contributed by atoms with Crippen molar-refractivity contribution in [1.29, 1.82) is 0 Å². The molecule has 4 heteroatoms. The lowest BCUT2D eigenvalue weighted by atomic mass is 9.98. The Bertz CT molecular complexity index is 393. The van der Waals surface area contributed by atoms with Crippen molar-refractivity contribution in [3.8, 4) is 5.75 Å². The minimum absolute atomic E-state index is 0.108. The molecule has 0 aliphatic rings. The van der Waals surface area contributed by atoms with E-state index in [-0.39, 0.29) is 23.7 Å². The summed E-state index contributed by atoms with van der Waals surface area (Å²) in [7, 11) is 1.89. The quantitative estimate of drug-likeness (QED) is 0.848. The fraction of sp³-hybridized carbons (Fsp3) is 0.571. The zero-order valence-electron chi connectivity index (χ0n) is 11.5. The SMILES string of the molecule is CCOc1ccc(N(C)C(C)(C)CCO)cc1F. The van der Waals surface area contributed by atoms with Gasteiger partial charge < -0.3 is 14.7 Å². The lowest BCUT2D eigenvalue weighted by molar-refractivity contribution is 0.250. The Labute approximate surface area is 108 Å². The van der Waals surface area contributed by atoms with Crippen molar-refractivity contribution in [3.05, 3.63) is 24.0 Å². The second-order valence-electron chi connectivity index (χ2n) is 4.89. The molecule has 0 amide bonds. The molecule has 1 rings (SSSR count). The first kappa shape index (κ1) is 14.8. The van der Waals surface area contributed by atoms with E-state index in [1.807, 2.05) is 38.8 Å². The standard InChI is InChI=1S/C14H22FNO2/c1-5-18-13-7-6-11(10-12(13)15)16(4)14(2,3)8-9-17/h6-7,10,17H,5,8-9H2,1-4H3. The van der Waals surface area contributed by atoms with Gasteiger partial charge in [0.05, 0.1) is 6.61 Å². The van der Waals surface area contributed by atoms with Gasteiger partial charge in [-0.1, -0.05) is 0 Å². The fourth-order valence-electron chi connectivity index (χ4n) is 1.76. The molecule has 1 aromatic carbocycles. The lowest BCUT2D eigenvalue weighted by Gasteiger charge is -2.37. The normalized spacial score (nSPS) is 11.4. The third-order valence-electron chi connectivity index (χ3n) is 3.23. The highest BCUT2D eigenvalue weighted by Gasteiger charge is 2.23. The number of halogens is 1. The van der Waals surface area contributed by atoms with Crippen LogP contribution < -0.4 is 9.64 Å². The Morgan fingerprint density at radius 2 is 2.06 bits per heavy atom. The molecule has 3 nitrogen and oxygen atoms in total. The van der Waals surface area contributed by atoms with Gasteiger partial charge in [-0.15, -0.1) is 0 Å². The van der Waals surface area contributed by atoms with E-state index in [9.17, 15) is 4.39 Å². The number of aliphatic hydroxyl groups is 1. The Balaban J connectivity index is 2.93. The summed E-state index contributed by atoms with van der Waals surface area (Å²) in [5, 5.41) is 9.05. The largest absolute Gasteiger partial charge is 0.491 e. The number of aliphatic hydroxyl groups excluding tert-OH is 1. The van der Waals surface area contributed by atoms with Gasteiger partial charge in [-0.05, 0) is 39.3 Å². The molecule has 0 radical (unpaired) electrons. The number of hydrogen-bond donors (Lipinski definition) is 1. The number of rotatable bonds is 6. The van der Waals surface area contributed by atoms with E-state index >= 15 is 0 Å². The highest BCUT2D eigenvalue weighted by atomic mass is 19.1. The lowest BCUT2D eigenvalue weighted by Crippen LogP contribution is -2.42. The summed E-state index contributed by atoms with van der Waals surface area (Å²) in [6, 6.07) is 4.93. The summed E-state index contributed by atoms with van der Waals surface area (Å²) in [4.78, 5) is 1.96. The van der Waals surface area contributed by atoms with Gasteiger partial charge in [-0.2, -0.15) is 0 Å². The van der Waals surface area contributed by atoms with Crippen LogP contribution >= 0.6 is 0 Å². The molecule has 0 spiro atoms. The van der Waals surface area contributed by atoms with Crippen LogP contribution in [0, 0.1) is 5.82 Å². The molecule has 1 N–H and O–H groups in total. The summed E-state index contributed by atoms with van der Waals surface area (Å²) in [5.74, 6) is -0.0874. The van der Waals surface area contributed by atoms with E-state index in [2.05, 4.69) is 0 Å². The Morgan fingerprint density at radius 1 is 1.39 bits per heavy atom. The molecule has 0 fully saturated rings. The van der Waals surface area contributed by atoms with Crippen molar-refractivity contribution in [2.75, 3.05) is 25.2 Å². The highest BCUT2D eigenvalue weighted by Crippen LogP contribution is 2.28. The summed E-state index contributed by atoms with van der Waals surface area (Å²) >= 11 is 0. The molecule has 1 aromatic rings. The number of nitrogens with zero attached hydrogens (tertiary/aromatic N) is 1. The van der Waals surface area contributed by atoms with Crippen molar-refractivity contribution >= 4 is 5.69 Å². The van der Waals surface area contributed by atoms with Crippen LogP contribution in [0.1, 0.15) is 27.2 Å². The van der Waals surface area contributed by atoms with Gasteiger partial charge in [0.15, 0.2) is 11.6 Å². The summed E-state index contributed by atoms with van der Waals surface area (Å²) in [6.45, 7) is 6.40. The Kier molecular flexibility index (Phi) is 4.96. The van der Waals surface area contributed by atoms with E-state index in [1.54, 1.807) is 6.07 Å². The molecule has 0 aliphatic heterocycles. The first-order chi connectivity index (χ1) is 8.42. The first-order valence-electron chi connectivity index (χ1n) is 6.19. The number of benzene rings is 1. The molecule has 0 bridgehead atoms. The van der Waals surface area contributed by atoms with Gasteiger partial charge in [0.25, 0.3) is 0 Å². The van der Waals surface area contributed by atoms with Crippen LogP contribution in [0.5, 0.6) is 5.75 Å². The molecule has 0 heterocycles. The van der Waals surface area contributed by atoms with Crippen molar-refractivity contribution in [2.24, 2.45) is 0 Å². The topological polar surface area (TPSA) is 32.7 Å². The van der Waals surface area contributed by atoms with Gasteiger partial charge in [-0.3, -0.25) is 0 Å². The zero-order chi connectivity index (χ0) is 13.8. The second kappa shape index (κ2) is 6.05. The molecule has 0 aromatic heterocycles. The predicted molar refractivity (Wildman–Crippen MR) is 71.8 cm³/mol. The number of ether oxygens (including phenoxy) is 1. The molecular formula is C14H22FNO2. The summed E-state index contributed by atoms with van der Waals surface area (Å²) in [6.07, 6.45) is 0.623. The van der Waals surface area contributed by atoms with Crippen LogP contribution in [-0.2, 0) is 0 Å². The maximum absolute atomic E-state index is 13.8. The van der Waals surface area contributed by atoms with E-state index in [0.717, 1.165) is 5.69 Å². The van der Waals surface area contributed by atoms with Gasteiger partial charge in [0, 0.05) is 30.9 Å². The molecule has 18 heavy (non-hydrogen) atoms. The van der Waals surface area contributed by atoms with Crippen LogP contribution in [0.2, 0.25) is 0 Å². The number of hydrogen-bond acceptors (Lipinski definition) is 3. The van der Waals surface area contributed by atoms with E-state index in [4.69, 9.17) is 9.84 Å². The van der Waals surface area contributed by atoms with E-state index in [1.165, 1.54) is 6.07 Å². The molecule has 0 aliphatic carbocycles. The molecular weight excluding hydrogens is 233 g/mol. The monoisotopic (exact) mass is 255 g/mol. The second-order valence-corrected chi connectivity index (χ2v) is 4.89. The van der Waals surface area contributed by atoms with Gasteiger partial charge >= 0.3 is 0 Å². The minimum atomic E-state index is -0.360. The summed E-state index contributed by atoms with van der Waals surface area (Å²) < 4.78 is 18.9. The fourth-order valence-corrected chi connectivity index (χ4v) is 1.76. The van der Waals surface area contributed by atoms with Gasteiger partial charge in [0.2, 0.25) is 0 Å². The van der Waals surface area contributed by atoms with Gasteiger partial charge in [0.1, 0.15) is 0 Å². The maximum atomic E-state index is 13.8. The minimum Gasteiger partial charge on any atom is -0.491 e. The van der Waals surface area contributed by atoms with Crippen LogP contribution in [0.15, 0.2) is 18.2 Å². The molecule has 102 valence electrons. The van der Waals surface area contributed by atoms with Crippen LogP contribution in [-0.4, -0.2) is 30.9 Å². The van der Waals surface area contributed by atoms with Crippen LogP contribution in [0.3, 0.4) is 0 Å².